The van der Waals surface area contributed by atoms with Gasteiger partial charge in [0.15, 0.2) is 0 Å². The second kappa shape index (κ2) is 7.86. The number of anilines is 1. The molecule has 1 amide bonds. The van der Waals surface area contributed by atoms with Crippen molar-refractivity contribution in [3.8, 4) is 11.3 Å². The zero-order valence-corrected chi connectivity index (χ0v) is 15.6. The second-order valence-corrected chi connectivity index (χ2v) is 7.08. The van der Waals surface area contributed by atoms with Gasteiger partial charge in [-0.25, -0.2) is 9.97 Å². The molecule has 4 rings (SSSR count). The summed E-state index contributed by atoms with van der Waals surface area (Å²) in [7, 11) is 0. The highest BCUT2D eigenvalue weighted by atomic mass is 19.4. The maximum Gasteiger partial charge on any atom is 0.419 e. The Labute approximate surface area is 165 Å². The van der Waals surface area contributed by atoms with Crippen LogP contribution in [-0.4, -0.2) is 46.5 Å². The van der Waals surface area contributed by atoms with E-state index in [1.807, 2.05) is 6.08 Å². The number of fused-ring (bicyclic) bond motifs is 1. The minimum atomic E-state index is -4.63. The summed E-state index contributed by atoms with van der Waals surface area (Å²) in [5.74, 6) is -0.222. The number of aromatic amines is 1. The van der Waals surface area contributed by atoms with Crippen molar-refractivity contribution in [1.82, 2.24) is 25.6 Å². The van der Waals surface area contributed by atoms with Crippen molar-refractivity contribution < 1.29 is 18.0 Å². The molecule has 1 atom stereocenters. The third-order valence-corrected chi connectivity index (χ3v) is 5.01. The summed E-state index contributed by atoms with van der Waals surface area (Å²) >= 11 is 0. The molecule has 0 radical (unpaired) electrons. The Balaban J connectivity index is 1.78. The normalized spacial score (nSPS) is 19.8. The van der Waals surface area contributed by atoms with E-state index in [0.29, 0.717) is 25.1 Å². The van der Waals surface area contributed by atoms with Crippen LogP contribution in [0.4, 0.5) is 19.1 Å². The minimum Gasteiger partial charge on any atom is -0.356 e. The van der Waals surface area contributed by atoms with Crippen LogP contribution in [0.5, 0.6) is 0 Å². The molecule has 0 bridgehead atoms. The smallest absolute Gasteiger partial charge is 0.356 e. The van der Waals surface area contributed by atoms with Crippen molar-refractivity contribution in [1.29, 1.82) is 0 Å². The number of halogens is 3. The van der Waals surface area contributed by atoms with Crippen LogP contribution in [0, 0.1) is 0 Å². The molecular formula is C19H21F3N6O. The fraction of sp³-hybridized carbons (Fsp3) is 0.421. The highest BCUT2D eigenvalue weighted by molar-refractivity contribution is 5.99. The maximum absolute atomic E-state index is 13.7. The van der Waals surface area contributed by atoms with Crippen LogP contribution in [-0.2, 0) is 6.18 Å². The van der Waals surface area contributed by atoms with Gasteiger partial charge in [-0.05, 0) is 25.8 Å². The molecule has 0 saturated carbocycles. The Morgan fingerprint density at radius 3 is 2.86 bits per heavy atom. The van der Waals surface area contributed by atoms with E-state index in [-0.39, 0.29) is 34.8 Å². The zero-order chi connectivity index (χ0) is 20.4. The van der Waals surface area contributed by atoms with Gasteiger partial charge in [0.05, 0.1) is 5.69 Å². The lowest BCUT2D eigenvalue weighted by Gasteiger charge is -2.24. The topological polar surface area (TPSA) is 94.7 Å². The number of hydrogen-bond donors (Lipinski definition) is 4. The molecule has 0 spiro atoms. The molecule has 2 aliphatic rings. The Hall–Kier alpha value is -2.88. The number of nitrogens with one attached hydrogen (secondary N) is 4. The van der Waals surface area contributed by atoms with Crippen molar-refractivity contribution in [2.45, 2.75) is 31.5 Å². The van der Waals surface area contributed by atoms with Crippen LogP contribution in [0.3, 0.4) is 0 Å². The molecule has 1 saturated heterocycles. The molecule has 4 N–H and O–H groups in total. The lowest BCUT2D eigenvalue weighted by Crippen LogP contribution is -2.38. The van der Waals surface area contributed by atoms with E-state index in [4.69, 9.17) is 0 Å². The Morgan fingerprint density at radius 1 is 1.24 bits per heavy atom. The van der Waals surface area contributed by atoms with Gasteiger partial charge in [-0.2, -0.15) is 13.2 Å². The van der Waals surface area contributed by atoms with Crippen LogP contribution in [0.15, 0.2) is 18.5 Å². The molecule has 0 aromatic carbocycles. The number of carbonyl (C=O) groups is 1. The number of aromatic nitrogens is 3. The van der Waals surface area contributed by atoms with Crippen molar-refractivity contribution in [2.75, 3.05) is 25.0 Å². The Kier molecular flexibility index (Phi) is 5.27. The molecular weight excluding hydrogens is 385 g/mol. The van der Waals surface area contributed by atoms with Gasteiger partial charge in [-0.1, -0.05) is 12.2 Å². The first-order valence-electron chi connectivity index (χ1n) is 9.51. The predicted octanol–water partition coefficient (Wildman–Crippen LogP) is 2.80. The van der Waals surface area contributed by atoms with Crippen molar-refractivity contribution >= 4 is 17.9 Å². The van der Waals surface area contributed by atoms with E-state index in [2.05, 4.69) is 30.9 Å². The number of piperidine rings is 1. The van der Waals surface area contributed by atoms with E-state index in [9.17, 15) is 18.0 Å². The highest BCUT2D eigenvalue weighted by Crippen LogP contribution is 2.38. The first kappa shape index (κ1) is 19.4. The standard InChI is InChI=1S/C19H21F3N6O/c20-19(21,22)14-10-26-18(27-11-4-3-6-23-8-11)28-15(14)13-9-25-16-12(13)5-1-2-7-24-17(16)29/h1,5,9-11,23,25H,2-4,6-8H2,(H,24,29)(H,26,27,28). The molecule has 2 aromatic heterocycles. The summed E-state index contributed by atoms with van der Waals surface area (Å²) < 4.78 is 41.0. The number of H-pyrrole nitrogens is 1. The molecule has 4 heterocycles. The molecule has 0 aliphatic carbocycles. The van der Waals surface area contributed by atoms with Gasteiger partial charge in [-0.3, -0.25) is 4.79 Å². The summed E-state index contributed by atoms with van der Waals surface area (Å²) in [4.78, 5) is 23.2. The van der Waals surface area contributed by atoms with Gasteiger partial charge in [0.1, 0.15) is 11.3 Å². The summed E-state index contributed by atoms with van der Waals surface area (Å²) in [6.07, 6.45) is 3.49. The third-order valence-electron chi connectivity index (χ3n) is 5.01. The number of rotatable bonds is 3. The quantitative estimate of drug-likeness (QED) is 0.629. The van der Waals surface area contributed by atoms with E-state index >= 15 is 0 Å². The van der Waals surface area contributed by atoms with Crippen LogP contribution < -0.4 is 16.0 Å². The number of alkyl halides is 3. The fourth-order valence-corrected chi connectivity index (χ4v) is 3.57. The largest absolute Gasteiger partial charge is 0.419 e. The first-order valence-corrected chi connectivity index (χ1v) is 9.51. The Bertz CT molecular complexity index is 931. The molecule has 1 unspecified atom stereocenters. The zero-order valence-electron chi connectivity index (χ0n) is 15.6. The third kappa shape index (κ3) is 4.12. The fourth-order valence-electron chi connectivity index (χ4n) is 3.57. The van der Waals surface area contributed by atoms with E-state index < -0.39 is 11.7 Å². The van der Waals surface area contributed by atoms with Crippen LogP contribution in [0.1, 0.15) is 40.9 Å². The lowest BCUT2D eigenvalue weighted by atomic mass is 10.0. The van der Waals surface area contributed by atoms with Gasteiger partial charge in [0.25, 0.3) is 5.91 Å². The molecule has 10 heteroatoms. The van der Waals surface area contributed by atoms with E-state index in [1.165, 1.54) is 6.20 Å². The van der Waals surface area contributed by atoms with Crippen LogP contribution >= 0.6 is 0 Å². The van der Waals surface area contributed by atoms with Gasteiger partial charge in [-0.15, -0.1) is 0 Å². The van der Waals surface area contributed by atoms with Crippen LogP contribution in [0.25, 0.3) is 17.3 Å². The SMILES string of the molecule is O=C1NCCC=Cc2c(-c3nc(NC4CCCNC4)ncc3C(F)(F)F)c[nH]c21. The van der Waals surface area contributed by atoms with Gasteiger partial charge in [0, 0.05) is 42.7 Å². The van der Waals surface area contributed by atoms with Gasteiger partial charge in [0.2, 0.25) is 5.95 Å². The van der Waals surface area contributed by atoms with E-state index in [0.717, 1.165) is 25.6 Å². The Morgan fingerprint density at radius 2 is 2.10 bits per heavy atom. The lowest BCUT2D eigenvalue weighted by molar-refractivity contribution is -0.137. The number of hydrogen-bond acceptors (Lipinski definition) is 5. The van der Waals surface area contributed by atoms with Crippen LogP contribution in [0.2, 0.25) is 0 Å². The number of nitrogens with zero attached hydrogens (tertiary/aromatic N) is 2. The monoisotopic (exact) mass is 406 g/mol. The average molecular weight is 406 g/mol. The molecule has 29 heavy (non-hydrogen) atoms. The molecule has 1 fully saturated rings. The average Bonchev–Trinajstić information content (AvgIpc) is 3.09. The summed E-state index contributed by atoms with van der Waals surface area (Å²) in [5.41, 5.74) is -0.380. The van der Waals surface area contributed by atoms with Crippen molar-refractivity contribution in [3.63, 3.8) is 0 Å². The van der Waals surface area contributed by atoms with Crippen molar-refractivity contribution in [3.05, 3.63) is 35.3 Å². The maximum atomic E-state index is 13.7. The molecule has 2 aromatic rings. The van der Waals surface area contributed by atoms with E-state index in [1.54, 1.807) is 6.08 Å². The molecule has 7 nitrogen and oxygen atoms in total. The molecule has 2 aliphatic heterocycles. The summed E-state index contributed by atoms with van der Waals surface area (Å²) in [5, 5.41) is 9.07. The first-order chi connectivity index (χ1) is 13.9. The van der Waals surface area contributed by atoms with Crippen molar-refractivity contribution in [2.24, 2.45) is 0 Å². The molecule has 154 valence electrons. The van der Waals surface area contributed by atoms with Gasteiger partial charge >= 0.3 is 6.18 Å². The van der Waals surface area contributed by atoms with Gasteiger partial charge < -0.3 is 20.9 Å². The minimum absolute atomic E-state index is 0.0471. The number of amides is 1. The summed E-state index contributed by atoms with van der Waals surface area (Å²) in [6, 6.07) is 0.0471. The predicted molar refractivity (Wildman–Crippen MR) is 102 cm³/mol. The summed E-state index contributed by atoms with van der Waals surface area (Å²) in [6.45, 7) is 2.08. The highest BCUT2D eigenvalue weighted by Gasteiger charge is 2.37. The number of carbonyl (C=O) groups excluding carboxylic acids is 1. The second-order valence-electron chi connectivity index (χ2n) is 7.08.